The van der Waals surface area contributed by atoms with E-state index in [1.165, 1.54) is 28.5 Å². The number of benzene rings is 2. The molecule has 0 aliphatic carbocycles. The number of hydrogen-bond donors (Lipinski definition) is 1. The van der Waals surface area contributed by atoms with Crippen molar-refractivity contribution in [2.45, 2.75) is 40.2 Å². The maximum absolute atomic E-state index is 11.7. The van der Waals surface area contributed by atoms with Crippen LogP contribution in [0.2, 0.25) is 0 Å². The van der Waals surface area contributed by atoms with E-state index in [1.807, 2.05) is 12.1 Å². The van der Waals surface area contributed by atoms with Gasteiger partial charge in [0.1, 0.15) is 0 Å². The quantitative estimate of drug-likeness (QED) is 0.901. The summed E-state index contributed by atoms with van der Waals surface area (Å²) in [6, 6.07) is 10.3. The van der Waals surface area contributed by atoms with Crippen LogP contribution in [0.4, 0.5) is 11.4 Å². The van der Waals surface area contributed by atoms with Crippen LogP contribution in [0, 0.1) is 20.8 Å². The van der Waals surface area contributed by atoms with Gasteiger partial charge in [0.05, 0.1) is 11.9 Å². The Hall–Kier alpha value is -2.01. The van der Waals surface area contributed by atoms with Crippen LogP contribution in [0.15, 0.2) is 30.3 Å². The third-order valence-corrected chi connectivity index (χ3v) is 5.42. The first-order valence-electron chi connectivity index (χ1n) is 8.66. The summed E-state index contributed by atoms with van der Waals surface area (Å²) in [6.45, 7) is 8.31. The van der Waals surface area contributed by atoms with Crippen LogP contribution in [0.3, 0.4) is 0 Å². The minimum atomic E-state index is -3.27. The number of aryl methyl sites for hydroxylation is 3. The van der Waals surface area contributed by atoms with E-state index < -0.39 is 10.0 Å². The molecule has 4 nitrogen and oxygen atoms in total. The zero-order chi connectivity index (χ0) is 18.2. The highest BCUT2D eigenvalue weighted by Crippen LogP contribution is 2.34. The molecule has 1 aliphatic heterocycles. The van der Waals surface area contributed by atoms with E-state index in [4.69, 9.17) is 0 Å². The van der Waals surface area contributed by atoms with Crippen LogP contribution >= 0.6 is 0 Å². The molecule has 0 saturated carbocycles. The molecule has 2 aromatic carbocycles. The molecule has 2 aromatic rings. The predicted octanol–water partition coefficient (Wildman–Crippen LogP) is 3.94. The van der Waals surface area contributed by atoms with Crippen molar-refractivity contribution in [3.8, 4) is 0 Å². The van der Waals surface area contributed by atoms with Gasteiger partial charge in [-0.15, -0.1) is 0 Å². The zero-order valence-corrected chi connectivity index (χ0v) is 16.2. The fraction of sp³-hybridized carbons (Fsp3) is 0.400. The van der Waals surface area contributed by atoms with E-state index in [0.717, 1.165) is 37.2 Å². The maximum atomic E-state index is 11.7. The summed E-state index contributed by atoms with van der Waals surface area (Å²) in [5.41, 5.74) is 8.23. The summed E-state index contributed by atoms with van der Waals surface area (Å²) in [5, 5.41) is 0. The first-order chi connectivity index (χ1) is 11.7. The van der Waals surface area contributed by atoms with Crippen LogP contribution in [-0.2, 0) is 23.0 Å². The van der Waals surface area contributed by atoms with Crippen LogP contribution < -0.4 is 9.62 Å². The second kappa shape index (κ2) is 6.71. The monoisotopic (exact) mass is 358 g/mol. The Balaban J connectivity index is 1.97. The van der Waals surface area contributed by atoms with Crippen molar-refractivity contribution in [3.63, 3.8) is 0 Å². The van der Waals surface area contributed by atoms with E-state index in [0.29, 0.717) is 5.69 Å². The number of rotatable bonds is 4. The van der Waals surface area contributed by atoms with E-state index in [9.17, 15) is 8.42 Å². The molecule has 1 aliphatic rings. The lowest BCUT2D eigenvalue weighted by atomic mass is 9.96. The lowest BCUT2D eigenvalue weighted by Crippen LogP contribution is -2.30. The number of hydrogen-bond acceptors (Lipinski definition) is 3. The summed E-state index contributed by atoms with van der Waals surface area (Å²) in [4.78, 5) is 2.37. The molecular formula is C20H26N2O2S. The molecule has 0 atom stereocenters. The molecule has 0 saturated heterocycles. The molecule has 1 N–H and O–H groups in total. The summed E-state index contributed by atoms with van der Waals surface area (Å²) < 4.78 is 26.0. The van der Waals surface area contributed by atoms with Gasteiger partial charge < -0.3 is 4.90 Å². The summed E-state index contributed by atoms with van der Waals surface area (Å²) in [5.74, 6) is 0. The van der Waals surface area contributed by atoms with E-state index in [2.05, 4.69) is 48.6 Å². The SMILES string of the molecule is Cc1cc(C)c(CN2CCCc3c(NS(C)(=O)=O)cccc32)c(C)c1. The van der Waals surface area contributed by atoms with Crippen LogP contribution in [0.5, 0.6) is 0 Å². The second-order valence-electron chi connectivity index (χ2n) is 7.08. The Morgan fingerprint density at radius 2 is 1.80 bits per heavy atom. The smallest absolute Gasteiger partial charge is 0.229 e. The number of fused-ring (bicyclic) bond motifs is 1. The average molecular weight is 359 g/mol. The van der Waals surface area contributed by atoms with Crippen LogP contribution in [0.1, 0.15) is 34.2 Å². The Labute approximate surface area is 150 Å². The molecule has 0 radical (unpaired) electrons. The summed E-state index contributed by atoms with van der Waals surface area (Å²) in [7, 11) is -3.27. The van der Waals surface area contributed by atoms with Crippen molar-refractivity contribution in [1.82, 2.24) is 0 Å². The van der Waals surface area contributed by atoms with Gasteiger partial charge in [-0.2, -0.15) is 0 Å². The molecule has 0 aromatic heterocycles. The minimum absolute atomic E-state index is 0.710. The van der Waals surface area contributed by atoms with Gasteiger partial charge in [0, 0.05) is 18.8 Å². The maximum Gasteiger partial charge on any atom is 0.229 e. The van der Waals surface area contributed by atoms with E-state index in [-0.39, 0.29) is 0 Å². The second-order valence-corrected chi connectivity index (χ2v) is 8.83. The topological polar surface area (TPSA) is 49.4 Å². The van der Waals surface area contributed by atoms with E-state index >= 15 is 0 Å². The Kier molecular flexibility index (Phi) is 4.78. The zero-order valence-electron chi connectivity index (χ0n) is 15.4. The number of nitrogens with one attached hydrogen (secondary N) is 1. The standard InChI is InChI=1S/C20H26N2O2S/c1-14-11-15(2)18(16(3)12-14)13-22-10-6-7-17-19(21-25(4,23)24)8-5-9-20(17)22/h5,8-9,11-12,21H,6-7,10,13H2,1-4H3. The molecule has 0 spiro atoms. The van der Waals surface area contributed by atoms with Crippen molar-refractivity contribution >= 4 is 21.4 Å². The highest BCUT2D eigenvalue weighted by Gasteiger charge is 2.21. The van der Waals surface area contributed by atoms with Gasteiger partial charge in [-0.25, -0.2) is 8.42 Å². The summed E-state index contributed by atoms with van der Waals surface area (Å²) >= 11 is 0. The predicted molar refractivity (Wildman–Crippen MR) is 105 cm³/mol. The Bertz CT molecular complexity index is 881. The van der Waals surface area contributed by atoms with Crippen molar-refractivity contribution in [3.05, 3.63) is 58.1 Å². The molecule has 25 heavy (non-hydrogen) atoms. The van der Waals surface area contributed by atoms with Crippen molar-refractivity contribution in [2.24, 2.45) is 0 Å². The molecule has 3 rings (SSSR count). The molecule has 0 fully saturated rings. The lowest BCUT2D eigenvalue weighted by molar-refractivity contribution is 0.606. The van der Waals surface area contributed by atoms with Gasteiger partial charge >= 0.3 is 0 Å². The third-order valence-electron chi connectivity index (χ3n) is 4.83. The molecule has 5 heteroatoms. The molecule has 0 amide bonds. The number of sulfonamides is 1. The molecule has 134 valence electrons. The van der Waals surface area contributed by atoms with Gasteiger partial charge in [-0.1, -0.05) is 23.8 Å². The lowest BCUT2D eigenvalue weighted by Gasteiger charge is -2.33. The molecule has 1 heterocycles. The van der Waals surface area contributed by atoms with Crippen LogP contribution in [0.25, 0.3) is 0 Å². The normalized spacial score (nSPS) is 14.3. The van der Waals surface area contributed by atoms with E-state index in [1.54, 1.807) is 0 Å². The van der Waals surface area contributed by atoms with Gasteiger partial charge in [-0.3, -0.25) is 4.72 Å². The van der Waals surface area contributed by atoms with Gasteiger partial charge in [0.25, 0.3) is 0 Å². The molecule has 0 bridgehead atoms. The minimum Gasteiger partial charge on any atom is -0.367 e. The average Bonchev–Trinajstić information content (AvgIpc) is 2.50. The fourth-order valence-corrected chi connectivity index (χ4v) is 4.40. The van der Waals surface area contributed by atoms with Crippen molar-refractivity contribution in [2.75, 3.05) is 22.4 Å². The largest absolute Gasteiger partial charge is 0.367 e. The first-order valence-corrected chi connectivity index (χ1v) is 10.5. The highest BCUT2D eigenvalue weighted by molar-refractivity contribution is 7.92. The fourth-order valence-electron chi connectivity index (χ4n) is 3.81. The Morgan fingerprint density at radius 3 is 2.44 bits per heavy atom. The summed E-state index contributed by atoms with van der Waals surface area (Å²) in [6.07, 6.45) is 3.13. The number of nitrogens with zero attached hydrogens (tertiary/aromatic N) is 1. The van der Waals surface area contributed by atoms with Crippen LogP contribution in [-0.4, -0.2) is 21.2 Å². The van der Waals surface area contributed by atoms with Crippen molar-refractivity contribution in [1.29, 1.82) is 0 Å². The van der Waals surface area contributed by atoms with Gasteiger partial charge in [0.2, 0.25) is 10.0 Å². The van der Waals surface area contributed by atoms with Gasteiger partial charge in [0.15, 0.2) is 0 Å². The molecular weight excluding hydrogens is 332 g/mol. The van der Waals surface area contributed by atoms with Crippen molar-refractivity contribution < 1.29 is 8.42 Å². The first kappa shape index (κ1) is 17.8. The Morgan fingerprint density at radius 1 is 1.12 bits per heavy atom. The highest BCUT2D eigenvalue weighted by atomic mass is 32.2. The third kappa shape index (κ3) is 3.98. The number of anilines is 2. The van der Waals surface area contributed by atoms with Gasteiger partial charge in [-0.05, 0) is 68.0 Å². The molecule has 0 unspecified atom stereocenters.